The number of nitrogens with one attached hydrogen (secondary N) is 2. The van der Waals surface area contributed by atoms with Crippen LogP contribution < -0.4 is 10.6 Å². The number of hydrogen-bond donors (Lipinski definition) is 2. The summed E-state index contributed by atoms with van der Waals surface area (Å²) in [5.74, 6) is -0.143. The first-order valence-corrected chi connectivity index (χ1v) is 14.4. The number of aromatic nitrogens is 3. The van der Waals surface area contributed by atoms with Gasteiger partial charge < -0.3 is 34.6 Å². The molecule has 0 unspecified atom stereocenters. The van der Waals surface area contributed by atoms with Crippen LogP contribution in [0.25, 0.3) is 0 Å². The average molecular weight is 596 g/mol. The molecule has 0 bridgehead atoms. The summed E-state index contributed by atoms with van der Waals surface area (Å²) in [6.07, 6.45) is 1.86. The molecule has 1 aliphatic rings. The van der Waals surface area contributed by atoms with Crippen LogP contribution in [0.5, 0.6) is 0 Å². The van der Waals surface area contributed by atoms with E-state index in [1.165, 1.54) is 4.68 Å². The zero-order valence-corrected chi connectivity index (χ0v) is 26.6. The second kappa shape index (κ2) is 14.5. The van der Waals surface area contributed by atoms with Crippen molar-refractivity contribution in [2.75, 3.05) is 32.7 Å². The standard InChI is InChI=1S/C28H49N7O7/c1-26(2,3)40-23(37)29-13-11-10-12-21(35-19-20(31-32-35)18-30-24(38)41-27(4,5)6)22(36)33-14-16-34(17-15-33)25(39)42-28(7,8)9/h19,21H,10-18H2,1-9H3,(H,29,37)(H,30,38)/t21-/m0/s1. The van der Waals surface area contributed by atoms with Crippen LogP contribution in [0.1, 0.15) is 93.3 Å². The van der Waals surface area contributed by atoms with E-state index in [0.717, 1.165) is 0 Å². The van der Waals surface area contributed by atoms with E-state index in [-0.39, 0.29) is 12.5 Å². The van der Waals surface area contributed by atoms with Crippen molar-refractivity contribution in [3.05, 3.63) is 11.9 Å². The van der Waals surface area contributed by atoms with Crippen LogP contribution in [-0.2, 0) is 25.5 Å². The lowest BCUT2D eigenvalue weighted by atomic mass is 10.1. The van der Waals surface area contributed by atoms with Gasteiger partial charge in [0, 0.05) is 32.7 Å². The Bertz CT molecular complexity index is 1060. The molecule has 14 heteroatoms. The van der Waals surface area contributed by atoms with E-state index in [9.17, 15) is 19.2 Å². The van der Waals surface area contributed by atoms with Crippen LogP contribution in [0.15, 0.2) is 6.20 Å². The molecule has 1 saturated heterocycles. The monoisotopic (exact) mass is 595 g/mol. The predicted octanol–water partition coefficient (Wildman–Crippen LogP) is 3.62. The molecule has 238 valence electrons. The summed E-state index contributed by atoms with van der Waals surface area (Å²) in [4.78, 5) is 53.4. The van der Waals surface area contributed by atoms with Gasteiger partial charge in [-0.15, -0.1) is 5.10 Å². The Morgan fingerprint density at radius 2 is 1.31 bits per heavy atom. The maximum atomic E-state index is 13.7. The lowest BCUT2D eigenvalue weighted by Crippen LogP contribution is -2.53. The van der Waals surface area contributed by atoms with Crippen LogP contribution in [0, 0.1) is 0 Å². The van der Waals surface area contributed by atoms with E-state index in [4.69, 9.17) is 14.2 Å². The Kier molecular flexibility index (Phi) is 12.0. The summed E-state index contributed by atoms with van der Waals surface area (Å²) in [6.45, 7) is 18.1. The predicted molar refractivity (Wildman–Crippen MR) is 155 cm³/mol. The largest absolute Gasteiger partial charge is 0.444 e. The van der Waals surface area contributed by atoms with Crippen molar-refractivity contribution in [1.29, 1.82) is 0 Å². The highest BCUT2D eigenvalue weighted by molar-refractivity contribution is 5.80. The van der Waals surface area contributed by atoms with Gasteiger partial charge in [0.05, 0.1) is 12.7 Å². The minimum absolute atomic E-state index is 0.0875. The zero-order chi connectivity index (χ0) is 31.7. The highest BCUT2D eigenvalue weighted by atomic mass is 16.6. The Balaban J connectivity index is 2.03. The first kappa shape index (κ1) is 34.6. The first-order valence-electron chi connectivity index (χ1n) is 14.4. The molecule has 0 saturated carbocycles. The van der Waals surface area contributed by atoms with Crippen LogP contribution in [-0.4, -0.2) is 98.5 Å². The molecule has 1 aliphatic heterocycles. The molecule has 0 radical (unpaired) electrons. The van der Waals surface area contributed by atoms with E-state index in [2.05, 4.69) is 20.9 Å². The Labute approximate surface area is 248 Å². The molecule has 0 aliphatic carbocycles. The number of unbranched alkanes of at least 4 members (excludes halogenated alkanes) is 1. The molecule has 4 amide bonds. The second-order valence-electron chi connectivity index (χ2n) is 13.3. The van der Waals surface area contributed by atoms with Gasteiger partial charge in [0.25, 0.3) is 0 Å². The topological polar surface area (TPSA) is 157 Å². The number of ether oxygens (including phenoxy) is 3. The van der Waals surface area contributed by atoms with Gasteiger partial charge in [-0.25, -0.2) is 19.1 Å². The molecule has 2 rings (SSSR count). The second-order valence-corrected chi connectivity index (χ2v) is 13.3. The van der Waals surface area contributed by atoms with Crippen molar-refractivity contribution in [2.45, 2.75) is 111 Å². The molecule has 0 spiro atoms. The van der Waals surface area contributed by atoms with Crippen molar-refractivity contribution in [3.63, 3.8) is 0 Å². The summed E-state index contributed by atoms with van der Waals surface area (Å²) in [5.41, 5.74) is -1.35. The Hall–Kier alpha value is -3.58. The Morgan fingerprint density at radius 3 is 1.86 bits per heavy atom. The molecule has 2 N–H and O–H groups in total. The smallest absolute Gasteiger partial charge is 0.410 e. The fourth-order valence-electron chi connectivity index (χ4n) is 4.01. The summed E-state index contributed by atoms with van der Waals surface area (Å²) < 4.78 is 17.5. The fraction of sp³-hybridized carbons (Fsp3) is 0.786. The summed E-state index contributed by atoms with van der Waals surface area (Å²) >= 11 is 0. The normalized spacial score (nSPS) is 15.1. The van der Waals surface area contributed by atoms with Crippen LogP contribution in [0.2, 0.25) is 0 Å². The number of carbonyl (C=O) groups excluding carboxylic acids is 4. The third kappa shape index (κ3) is 12.9. The van der Waals surface area contributed by atoms with Crippen molar-refractivity contribution < 1.29 is 33.4 Å². The van der Waals surface area contributed by atoms with Gasteiger partial charge >= 0.3 is 18.3 Å². The zero-order valence-electron chi connectivity index (χ0n) is 26.6. The van der Waals surface area contributed by atoms with Gasteiger partial charge in [-0.1, -0.05) is 5.21 Å². The number of piperazine rings is 1. The molecular weight excluding hydrogens is 546 g/mol. The fourth-order valence-corrected chi connectivity index (χ4v) is 4.01. The van der Waals surface area contributed by atoms with Gasteiger partial charge in [-0.3, -0.25) is 4.79 Å². The molecule has 14 nitrogen and oxygen atoms in total. The summed E-state index contributed by atoms with van der Waals surface area (Å²) in [5, 5.41) is 13.7. The number of rotatable bonds is 9. The molecule has 2 heterocycles. The van der Waals surface area contributed by atoms with Gasteiger partial charge in [0.1, 0.15) is 28.5 Å². The third-order valence-corrected chi connectivity index (χ3v) is 5.79. The van der Waals surface area contributed by atoms with E-state index in [0.29, 0.717) is 57.7 Å². The van der Waals surface area contributed by atoms with Gasteiger partial charge in [-0.2, -0.15) is 0 Å². The first-order chi connectivity index (χ1) is 19.3. The van der Waals surface area contributed by atoms with Crippen molar-refractivity contribution >= 4 is 24.2 Å². The van der Waals surface area contributed by atoms with E-state index in [1.54, 1.807) is 57.5 Å². The van der Waals surface area contributed by atoms with Crippen LogP contribution in [0.3, 0.4) is 0 Å². The highest BCUT2D eigenvalue weighted by Crippen LogP contribution is 2.20. The van der Waals surface area contributed by atoms with Crippen molar-refractivity contribution in [1.82, 2.24) is 35.4 Å². The molecule has 1 fully saturated rings. The molecule has 42 heavy (non-hydrogen) atoms. The number of amides is 4. The van der Waals surface area contributed by atoms with Crippen LogP contribution in [0.4, 0.5) is 14.4 Å². The molecule has 1 atom stereocenters. The summed E-state index contributed by atoms with van der Waals surface area (Å²) in [6, 6.07) is -0.651. The Morgan fingerprint density at radius 1 is 0.786 bits per heavy atom. The van der Waals surface area contributed by atoms with Crippen molar-refractivity contribution in [3.8, 4) is 0 Å². The number of alkyl carbamates (subject to hydrolysis) is 2. The van der Waals surface area contributed by atoms with Gasteiger partial charge in [0.15, 0.2) is 0 Å². The maximum Gasteiger partial charge on any atom is 0.410 e. The lowest BCUT2D eigenvalue weighted by molar-refractivity contribution is -0.137. The molecule has 0 aromatic carbocycles. The quantitative estimate of drug-likeness (QED) is 0.321. The van der Waals surface area contributed by atoms with E-state index >= 15 is 0 Å². The lowest BCUT2D eigenvalue weighted by Gasteiger charge is -2.37. The molecular formula is C28H49N7O7. The highest BCUT2D eigenvalue weighted by Gasteiger charge is 2.32. The van der Waals surface area contributed by atoms with Gasteiger partial charge in [-0.05, 0) is 81.6 Å². The number of carbonyl (C=O) groups is 4. The molecule has 1 aromatic heterocycles. The average Bonchev–Trinajstić information content (AvgIpc) is 3.30. The number of hydrogen-bond acceptors (Lipinski definition) is 9. The maximum absolute atomic E-state index is 13.7. The minimum Gasteiger partial charge on any atom is -0.444 e. The minimum atomic E-state index is -0.651. The van der Waals surface area contributed by atoms with E-state index < -0.39 is 41.1 Å². The van der Waals surface area contributed by atoms with E-state index in [1.807, 2.05) is 20.8 Å². The number of nitrogens with zero attached hydrogens (tertiary/aromatic N) is 5. The summed E-state index contributed by atoms with van der Waals surface area (Å²) in [7, 11) is 0. The molecule has 1 aromatic rings. The van der Waals surface area contributed by atoms with Gasteiger partial charge in [0.2, 0.25) is 5.91 Å². The SMILES string of the molecule is CC(C)(C)OC(=O)NCCCC[C@@H](C(=O)N1CCN(C(=O)OC(C)(C)C)CC1)n1cc(CNC(=O)OC(C)(C)C)nn1. The van der Waals surface area contributed by atoms with Crippen molar-refractivity contribution in [2.24, 2.45) is 0 Å². The van der Waals surface area contributed by atoms with Crippen LogP contribution >= 0.6 is 0 Å². The third-order valence-electron chi connectivity index (χ3n) is 5.79.